The van der Waals surface area contributed by atoms with E-state index in [-0.39, 0.29) is 37.6 Å². The minimum absolute atomic E-state index is 0. The van der Waals surface area contributed by atoms with Crippen molar-refractivity contribution < 1.29 is 43.4 Å². The molecule has 3 heterocycles. The second-order valence-corrected chi connectivity index (χ2v) is 19.1. The van der Waals surface area contributed by atoms with Crippen LogP contribution in [0.25, 0.3) is 72.1 Å². The molecule has 12 rings (SSSR count). The van der Waals surface area contributed by atoms with Crippen LogP contribution in [-0.4, -0.2) is 9.55 Å². The van der Waals surface area contributed by atoms with E-state index in [1.54, 1.807) is 18.2 Å². The Balaban J connectivity index is 0.00000588. The Morgan fingerprint density at radius 3 is 1.72 bits per heavy atom. The van der Waals surface area contributed by atoms with E-state index in [0.29, 0.717) is 39.7 Å². The maximum Gasteiger partial charge on any atom is 0.135 e. The van der Waals surface area contributed by atoms with Crippen LogP contribution in [-0.2, 0) is 26.5 Å². The van der Waals surface area contributed by atoms with Crippen molar-refractivity contribution in [2.24, 2.45) is 0 Å². The molecule has 366 valence electrons. The second kappa shape index (κ2) is 19.3. The number of pyridine rings is 1. The number of benzene rings is 9. The normalized spacial score (nSPS) is 12.3. The topological polar surface area (TPSA) is 33.5 Å². The van der Waals surface area contributed by atoms with Crippen LogP contribution in [0.4, 0.5) is 40.3 Å². The molecule has 0 saturated carbocycles. The minimum Gasteiger partial charge on any atom is -0.509 e. The Bertz CT molecular complexity index is 3830. The fraction of sp³-hybridized carbons (Fsp3) is 0.0625. The van der Waals surface area contributed by atoms with Gasteiger partial charge >= 0.3 is 0 Å². The van der Waals surface area contributed by atoms with Crippen molar-refractivity contribution in [2.75, 3.05) is 9.80 Å². The van der Waals surface area contributed by atoms with Gasteiger partial charge < -0.3 is 19.1 Å². The van der Waals surface area contributed by atoms with Gasteiger partial charge in [0, 0.05) is 84.6 Å². The van der Waals surface area contributed by atoms with Crippen molar-refractivity contribution in [3.8, 4) is 61.8 Å². The van der Waals surface area contributed by atoms with Gasteiger partial charge in [-0.2, -0.15) is 6.07 Å². The average molecular weight is 1160 g/mol. The molecule has 0 amide bonds. The first-order valence-electron chi connectivity index (χ1n) is 23.8. The Hall–Kier alpha value is -8.26. The summed E-state index contributed by atoms with van der Waals surface area (Å²) in [5.74, 6) is -1.46. The summed E-state index contributed by atoms with van der Waals surface area (Å²) in [4.78, 5) is 8.72. The smallest absolute Gasteiger partial charge is 0.135 e. The van der Waals surface area contributed by atoms with Crippen molar-refractivity contribution in [1.29, 1.82) is 0 Å². The van der Waals surface area contributed by atoms with Crippen LogP contribution in [0.2, 0.25) is 0 Å². The van der Waals surface area contributed by atoms with Gasteiger partial charge in [0.25, 0.3) is 0 Å². The summed E-state index contributed by atoms with van der Waals surface area (Å²) in [7, 11) is 0. The zero-order valence-electron chi connectivity index (χ0n) is 40.2. The molecule has 5 nitrogen and oxygen atoms in total. The van der Waals surface area contributed by atoms with Gasteiger partial charge in [-0.05, 0) is 98.8 Å². The number of halogens is 4. The largest absolute Gasteiger partial charge is 0.509 e. The van der Waals surface area contributed by atoms with Gasteiger partial charge in [0.1, 0.15) is 29.1 Å². The molecule has 11 aromatic rings. The molecule has 0 N–H and O–H groups in total. The molecule has 0 bridgehead atoms. The van der Waals surface area contributed by atoms with Crippen LogP contribution in [0, 0.1) is 42.1 Å². The Morgan fingerprint density at radius 1 is 0.486 bits per heavy atom. The van der Waals surface area contributed by atoms with Crippen molar-refractivity contribution >= 4 is 44.6 Å². The number of nitrogens with zero attached hydrogens (tertiary/aromatic N) is 4. The van der Waals surface area contributed by atoms with Crippen LogP contribution in [0.5, 0.6) is 11.5 Å². The summed E-state index contributed by atoms with van der Waals surface area (Å²) >= 11 is 0. The summed E-state index contributed by atoms with van der Waals surface area (Å²) in [6, 6.07) is 65.5. The van der Waals surface area contributed by atoms with Gasteiger partial charge in [-0.25, -0.2) is 22.5 Å². The monoisotopic (exact) mass is 1150 g/mol. The van der Waals surface area contributed by atoms with Gasteiger partial charge in [0.2, 0.25) is 0 Å². The van der Waals surface area contributed by atoms with E-state index in [0.717, 1.165) is 73.3 Å². The first-order valence-corrected chi connectivity index (χ1v) is 23.8. The Labute approximate surface area is 440 Å². The van der Waals surface area contributed by atoms with Crippen LogP contribution >= 0.6 is 0 Å². The van der Waals surface area contributed by atoms with E-state index in [9.17, 15) is 0 Å². The molecule has 0 radical (unpaired) electrons. The Morgan fingerprint density at radius 2 is 1.05 bits per heavy atom. The fourth-order valence-electron chi connectivity index (χ4n) is 9.94. The molecular formula is C64H43F4N4OPt-3. The number of para-hydroxylation sites is 4. The standard InChI is InChI=1S/C64H43F4N4O.Pt/c1-64(2,3)44-26-27-69-62(34-44)72-58-21-10-9-18-56(58)57-25-24-50(38-61(57)72)73-51-33-43(53-17-8-7-16-52(53)40-14-5-4-6-15-40)32-49(37-51)70-39-71(60-23-12-11-22-59(60)70)63-54(41-28-45(65)35-46(66)29-41)19-13-20-55(63)42-30-47(67)36-48(68)31-42;/h4-36,39H,1-3H3;/q-3;. The van der Waals surface area contributed by atoms with Crippen LogP contribution in [0.3, 0.4) is 0 Å². The third-order valence-corrected chi connectivity index (χ3v) is 13.3. The SMILES string of the molecule is CC(C)(C)c1ccnc(-n2c3[c-]c(Oc4[c-]c(N5[CH-]N(c6c(-c7cc(F)cc(F)c7)cccc6-c6cc(F)cc(F)c6)c6ccccc65)cc(-c5ccccc5-c5ccccc5)c4)ccc3c3ccccc32)c1.[Pt]. The maximum atomic E-state index is 15.1. The van der Waals surface area contributed by atoms with Crippen LogP contribution in [0.15, 0.2) is 200 Å². The molecule has 0 spiro atoms. The zero-order chi connectivity index (χ0) is 50.0. The van der Waals surface area contributed by atoms with Crippen molar-refractivity contribution in [3.05, 3.63) is 248 Å². The maximum absolute atomic E-state index is 15.1. The Kier molecular flexibility index (Phi) is 12.5. The average Bonchev–Trinajstić information content (AvgIpc) is 3.94. The number of fused-ring (bicyclic) bond motifs is 4. The van der Waals surface area contributed by atoms with E-state index >= 15 is 17.6 Å². The van der Waals surface area contributed by atoms with Gasteiger partial charge in [-0.15, -0.1) is 53.6 Å². The minimum atomic E-state index is -0.769. The number of ether oxygens (including phenoxy) is 1. The summed E-state index contributed by atoms with van der Waals surface area (Å²) < 4.78 is 69.3. The number of anilines is 4. The second-order valence-electron chi connectivity index (χ2n) is 19.1. The number of aromatic nitrogens is 2. The summed E-state index contributed by atoms with van der Waals surface area (Å²) in [6.45, 7) is 8.41. The molecule has 0 saturated heterocycles. The van der Waals surface area contributed by atoms with Gasteiger partial charge in [0.05, 0.1) is 0 Å². The van der Waals surface area contributed by atoms with E-state index in [1.165, 1.54) is 24.3 Å². The van der Waals surface area contributed by atoms with Crippen molar-refractivity contribution in [3.63, 3.8) is 0 Å². The third-order valence-electron chi connectivity index (χ3n) is 13.3. The molecule has 10 heteroatoms. The van der Waals surface area contributed by atoms with E-state index in [1.807, 2.05) is 108 Å². The third kappa shape index (κ3) is 8.92. The molecule has 1 aliphatic rings. The zero-order valence-corrected chi connectivity index (χ0v) is 42.4. The summed E-state index contributed by atoms with van der Waals surface area (Å²) in [6.07, 6.45) is 1.85. The van der Waals surface area contributed by atoms with Gasteiger partial charge in [-0.1, -0.05) is 129 Å². The van der Waals surface area contributed by atoms with Gasteiger partial charge in [-0.3, -0.25) is 0 Å². The first kappa shape index (κ1) is 48.0. The molecule has 0 unspecified atom stereocenters. The van der Waals surface area contributed by atoms with E-state index < -0.39 is 23.3 Å². The molecular weight excluding hydrogens is 1110 g/mol. The molecule has 2 aromatic heterocycles. The quantitative estimate of drug-likeness (QED) is 0.107. The predicted molar refractivity (Wildman–Crippen MR) is 285 cm³/mol. The molecule has 0 atom stereocenters. The molecule has 1 aliphatic heterocycles. The van der Waals surface area contributed by atoms with Gasteiger partial charge in [0.15, 0.2) is 0 Å². The number of rotatable bonds is 9. The van der Waals surface area contributed by atoms with Crippen LogP contribution < -0.4 is 14.5 Å². The molecule has 0 aliphatic carbocycles. The summed E-state index contributed by atoms with van der Waals surface area (Å²) in [5.41, 5.74) is 10.4. The van der Waals surface area contributed by atoms with E-state index in [2.05, 4.69) is 92.1 Å². The van der Waals surface area contributed by atoms with Crippen molar-refractivity contribution in [2.45, 2.75) is 26.2 Å². The molecule has 0 fully saturated rings. The summed E-state index contributed by atoms with van der Waals surface area (Å²) in [5, 5.41) is 2.05. The molecule has 9 aromatic carbocycles. The first-order chi connectivity index (χ1) is 35.4. The fourth-order valence-corrected chi connectivity index (χ4v) is 9.94. The van der Waals surface area contributed by atoms with Crippen molar-refractivity contribution in [1.82, 2.24) is 9.55 Å². The van der Waals surface area contributed by atoms with E-state index in [4.69, 9.17) is 9.72 Å². The molecule has 74 heavy (non-hydrogen) atoms. The number of hydrogen-bond donors (Lipinski definition) is 0. The number of hydrogen-bond acceptors (Lipinski definition) is 4. The predicted octanol–water partition coefficient (Wildman–Crippen LogP) is 17.5. The van der Waals surface area contributed by atoms with Crippen LogP contribution in [0.1, 0.15) is 26.3 Å².